The zero-order valence-electron chi connectivity index (χ0n) is 33.4. The van der Waals surface area contributed by atoms with Crippen molar-refractivity contribution in [2.75, 3.05) is 0 Å². The summed E-state index contributed by atoms with van der Waals surface area (Å²) in [6, 6.07) is 82.1. The zero-order chi connectivity index (χ0) is 40.5. The Hall–Kier alpha value is -8.14. The number of benzene rings is 8. The third kappa shape index (κ3) is 6.88. The molecule has 0 atom stereocenters. The molecule has 3 heteroatoms. The Morgan fingerprint density at radius 1 is 0.311 bits per heavy atom. The molecule has 0 saturated carbocycles. The molecule has 0 bridgehead atoms. The van der Waals surface area contributed by atoms with Crippen LogP contribution in [0.4, 0.5) is 0 Å². The first kappa shape index (κ1) is 36.0. The van der Waals surface area contributed by atoms with Crippen molar-refractivity contribution in [3.63, 3.8) is 0 Å². The Morgan fingerprint density at radius 2 is 0.770 bits per heavy atom. The van der Waals surface area contributed by atoms with Gasteiger partial charge in [0.15, 0.2) is 0 Å². The van der Waals surface area contributed by atoms with Gasteiger partial charge in [-0.15, -0.1) is 0 Å². The molecule has 3 heterocycles. The number of nitrogens with zero attached hydrogens (tertiary/aromatic N) is 3. The van der Waals surface area contributed by atoms with Crippen LogP contribution in [0, 0.1) is 0 Å². The molecule has 11 rings (SSSR count). The molecule has 0 aliphatic rings. The van der Waals surface area contributed by atoms with Crippen LogP contribution in [-0.4, -0.2) is 14.6 Å². The number of aromatic nitrogens is 3. The maximum atomic E-state index is 5.41. The van der Waals surface area contributed by atoms with E-state index in [4.69, 9.17) is 10.1 Å². The van der Waals surface area contributed by atoms with Crippen molar-refractivity contribution in [2.45, 2.75) is 0 Å². The van der Waals surface area contributed by atoms with Gasteiger partial charge < -0.3 is 0 Å². The van der Waals surface area contributed by atoms with E-state index in [1.807, 2.05) is 6.20 Å². The Bertz CT molecular complexity index is 3250. The second-order valence-corrected chi connectivity index (χ2v) is 15.5. The number of hydrogen-bond acceptors (Lipinski definition) is 2. The summed E-state index contributed by atoms with van der Waals surface area (Å²) in [5.74, 6) is 0. The van der Waals surface area contributed by atoms with Crippen molar-refractivity contribution in [1.82, 2.24) is 14.6 Å². The van der Waals surface area contributed by atoms with E-state index in [1.54, 1.807) is 0 Å². The van der Waals surface area contributed by atoms with Gasteiger partial charge in [-0.1, -0.05) is 188 Å². The summed E-state index contributed by atoms with van der Waals surface area (Å²) in [5.41, 5.74) is 18.9. The highest BCUT2D eigenvalue weighted by Crippen LogP contribution is 2.42. The van der Waals surface area contributed by atoms with Crippen molar-refractivity contribution < 1.29 is 0 Å². The molecular weight excluding hydrogens is 739 g/mol. The number of fused-ring (bicyclic) bond motifs is 3. The van der Waals surface area contributed by atoms with E-state index < -0.39 is 0 Å². The molecule has 61 heavy (non-hydrogen) atoms. The Kier molecular flexibility index (Phi) is 9.18. The monoisotopic (exact) mass is 777 g/mol. The molecule has 0 saturated heterocycles. The second-order valence-electron chi connectivity index (χ2n) is 15.5. The van der Waals surface area contributed by atoms with Crippen molar-refractivity contribution in [3.05, 3.63) is 237 Å². The Labute approximate surface area is 355 Å². The van der Waals surface area contributed by atoms with Gasteiger partial charge in [0, 0.05) is 33.8 Å². The summed E-state index contributed by atoms with van der Waals surface area (Å²) >= 11 is 0. The first-order chi connectivity index (χ1) is 30.2. The maximum absolute atomic E-state index is 5.41. The summed E-state index contributed by atoms with van der Waals surface area (Å²) < 4.78 is 2.16. The van der Waals surface area contributed by atoms with Crippen molar-refractivity contribution >= 4 is 16.3 Å². The molecule has 11 aromatic rings. The highest BCUT2D eigenvalue weighted by atomic mass is 15.2. The fraction of sp³-hybridized carbons (Fsp3) is 0. The van der Waals surface area contributed by atoms with Crippen LogP contribution in [0.1, 0.15) is 0 Å². The van der Waals surface area contributed by atoms with E-state index >= 15 is 0 Å². The molecule has 286 valence electrons. The van der Waals surface area contributed by atoms with Crippen LogP contribution in [0.2, 0.25) is 0 Å². The molecule has 0 aliphatic carbocycles. The van der Waals surface area contributed by atoms with Crippen LogP contribution in [0.3, 0.4) is 0 Å². The predicted molar refractivity (Wildman–Crippen MR) is 254 cm³/mol. The average Bonchev–Trinajstić information content (AvgIpc) is 3.76. The summed E-state index contributed by atoms with van der Waals surface area (Å²) in [5, 5.41) is 7.73. The van der Waals surface area contributed by atoms with E-state index in [1.165, 1.54) is 27.6 Å². The van der Waals surface area contributed by atoms with E-state index in [0.717, 1.165) is 78.1 Å². The van der Waals surface area contributed by atoms with Gasteiger partial charge in [0.25, 0.3) is 0 Å². The third-order valence-corrected chi connectivity index (χ3v) is 11.6. The summed E-state index contributed by atoms with van der Waals surface area (Å²) in [7, 11) is 0. The molecule has 8 aromatic carbocycles. The molecule has 0 N–H and O–H groups in total. The van der Waals surface area contributed by atoms with E-state index in [2.05, 4.69) is 235 Å². The molecule has 0 aliphatic heterocycles. The lowest BCUT2D eigenvalue weighted by atomic mass is 9.93. The van der Waals surface area contributed by atoms with Gasteiger partial charge in [-0.3, -0.25) is 4.98 Å². The van der Waals surface area contributed by atoms with Crippen LogP contribution >= 0.6 is 0 Å². The molecule has 0 fully saturated rings. The highest BCUT2D eigenvalue weighted by molar-refractivity contribution is 6.09. The molecule has 0 radical (unpaired) electrons. The number of hydrogen-bond donors (Lipinski definition) is 0. The minimum Gasteiger partial charge on any atom is -0.256 e. The van der Waals surface area contributed by atoms with E-state index in [9.17, 15) is 0 Å². The highest BCUT2D eigenvalue weighted by Gasteiger charge is 2.22. The van der Waals surface area contributed by atoms with Crippen LogP contribution in [0.5, 0.6) is 0 Å². The fourth-order valence-electron chi connectivity index (χ4n) is 8.60. The molecular formula is C58H39N3. The molecule has 0 amide bonds. The fourth-order valence-corrected chi connectivity index (χ4v) is 8.60. The normalized spacial score (nSPS) is 11.3. The first-order valence-electron chi connectivity index (χ1n) is 20.7. The van der Waals surface area contributed by atoms with Crippen molar-refractivity contribution in [3.8, 4) is 89.4 Å². The minimum absolute atomic E-state index is 0.940. The van der Waals surface area contributed by atoms with Gasteiger partial charge in [0.05, 0.1) is 16.9 Å². The van der Waals surface area contributed by atoms with E-state index in [-0.39, 0.29) is 0 Å². The minimum atomic E-state index is 0.940. The topological polar surface area (TPSA) is 30.2 Å². The van der Waals surface area contributed by atoms with Crippen LogP contribution in [0.15, 0.2) is 237 Å². The number of rotatable bonds is 8. The van der Waals surface area contributed by atoms with Gasteiger partial charge in [-0.2, -0.15) is 5.10 Å². The lowest BCUT2D eigenvalue weighted by Gasteiger charge is -2.13. The van der Waals surface area contributed by atoms with Crippen LogP contribution in [0.25, 0.3) is 106 Å². The summed E-state index contributed by atoms with van der Waals surface area (Å²) in [6.45, 7) is 0. The lowest BCUT2D eigenvalue weighted by molar-refractivity contribution is 0.979. The van der Waals surface area contributed by atoms with E-state index in [0.29, 0.717) is 0 Å². The van der Waals surface area contributed by atoms with Crippen molar-refractivity contribution in [2.24, 2.45) is 0 Å². The maximum Gasteiger partial charge on any atom is 0.101 e. The standard InChI is InChI=1S/C58H39N3/c1-6-16-40(17-7-1)50-34-51(41-18-8-2-9-19-41)36-52(35-50)54-38-48(32-33-59-54)43-28-26-42(27-29-43)47-30-31-49-39-55(44-20-10-3-11-21-44)61-58(53(49)37-47)56(45-22-12-4-13-23-45)57(60-61)46-24-14-5-15-25-46/h1-39H. The molecule has 3 nitrogen and oxygen atoms in total. The lowest BCUT2D eigenvalue weighted by Crippen LogP contribution is -1.96. The summed E-state index contributed by atoms with van der Waals surface area (Å²) in [4.78, 5) is 4.89. The predicted octanol–water partition coefficient (Wildman–Crippen LogP) is 15.2. The summed E-state index contributed by atoms with van der Waals surface area (Å²) in [6.07, 6.45) is 1.92. The van der Waals surface area contributed by atoms with Gasteiger partial charge in [-0.05, 0) is 97.9 Å². The quantitative estimate of drug-likeness (QED) is 0.154. The van der Waals surface area contributed by atoms with Gasteiger partial charge in [-0.25, -0.2) is 4.52 Å². The van der Waals surface area contributed by atoms with Gasteiger partial charge in [0.1, 0.15) is 5.69 Å². The molecule has 3 aromatic heterocycles. The molecule has 0 spiro atoms. The van der Waals surface area contributed by atoms with Gasteiger partial charge >= 0.3 is 0 Å². The largest absolute Gasteiger partial charge is 0.256 e. The average molecular weight is 778 g/mol. The Morgan fingerprint density at radius 3 is 1.34 bits per heavy atom. The number of pyridine rings is 2. The first-order valence-corrected chi connectivity index (χ1v) is 20.7. The SMILES string of the molecule is c1ccc(-c2cc(-c3ccccc3)cc(-c3cc(-c4ccc(-c5ccc6cc(-c7ccccc7)n7nc(-c8ccccc8)c(-c8ccccc8)c7c6c5)cc4)ccn3)c2)cc1. The van der Waals surface area contributed by atoms with Crippen LogP contribution in [-0.2, 0) is 0 Å². The smallest absolute Gasteiger partial charge is 0.101 e. The van der Waals surface area contributed by atoms with Crippen molar-refractivity contribution in [1.29, 1.82) is 0 Å². The zero-order valence-corrected chi connectivity index (χ0v) is 33.4. The Balaban J connectivity index is 1.01. The van der Waals surface area contributed by atoms with Crippen LogP contribution < -0.4 is 0 Å². The molecule has 0 unspecified atom stereocenters. The second kappa shape index (κ2) is 15.6. The third-order valence-electron chi connectivity index (χ3n) is 11.6. The van der Waals surface area contributed by atoms with Gasteiger partial charge in [0.2, 0.25) is 0 Å².